The van der Waals surface area contributed by atoms with Gasteiger partial charge in [0.1, 0.15) is 13.2 Å². The van der Waals surface area contributed by atoms with Crippen LogP contribution in [0.4, 0.5) is 0 Å². The SMILES string of the molecule is CC/C=C\C/C=C\C/C=C\C/C=C\C/C=C\C/C=C\C/C=C\C/C=C\C/C=C\CCCCCCCC(=O)OCC(COC(=O)CCCCCCC/C=C\CCCCC)OC(=O)CCC/C=C\C/C=C\C/C=C\C/C=C\C/C=C\CC. The monoisotopic (exact) mass is 1100 g/mol. The van der Waals surface area contributed by atoms with E-state index in [0.29, 0.717) is 19.3 Å². The molecule has 0 rings (SSSR count). The van der Waals surface area contributed by atoms with Gasteiger partial charge in [0.2, 0.25) is 0 Å². The molecule has 446 valence electrons. The van der Waals surface area contributed by atoms with Crippen LogP contribution < -0.4 is 0 Å². The summed E-state index contributed by atoms with van der Waals surface area (Å²) in [5.74, 6) is -1.02. The summed E-state index contributed by atoms with van der Waals surface area (Å²) >= 11 is 0. The van der Waals surface area contributed by atoms with E-state index in [9.17, 15) is 14.4 Å². The van der Waals surface area contributed by atoms with E-state index in [2.05, 4.69) is 203 Å². The minimum atomic E-state index is -0.830. The Morgan fingerprint density at radius 1 is 0.263 bits per heavy atom. The average molecular weight is 1100 g/mol. The Labute approximate surface area is 491 Å². The maximum atomic E-state index is 12.9. The van der Waals surface area contributed by atoms with Crippen molar-refractivity contribution >= 4 is 17.9 Å². The van der Waals surface area contributed by atoms with Crippen molar-refractivity contribution in [1.29, 1.82) is 0 Å². The summed E-state index contributed by atoms with van der Waals surface area (Å²) < 4.78 is 16.8. The second-order valence-corrected chi connectivity index (χ2v) is 20.2. The summed E-state index contributed by atoms with van der Waals surface area (Å²) in [7, 11) is 0. The van der Waals surface area contributed by atoms with Crippen molar-refractivity contribution in [2.75, 3.05) is 13.2 Å². The van der Waals surface area contributed by atoms with Crippen LogP contribution in [0, 0.1) is 0 Å². The summed E-state index contributed by atoms with van der Waals surface area (Å²) in [6, 6.07) is 0. The molecule has 6 heteroatoms. The molecular weight excluding hydrogens is 985 g/mol. The maximum absolute atomic E-state index is 12.9. The van der Waals surface area contributed by atoms with Gasteiger partial charge in [-0.25, -0.2) is 0 Å². The van der Waals surface area contributed by atoms with Crippen molar-refractivity contribution < 1.29 is 28.6 Å². The van der Waals surface area contributed by atoms with Gasteiger partial charge in [0.15, 0.2) is 6.10 Å². The molecule has 0 bridgehead atoms. The van der Waals surface area contributed by atoms with Gasteiger partial charge in [-0.1, -0.05) is 254 Å². The number of esters is 3. The average Bonchev–Trinajstić information content (AvgIpc) is 3.46. The van der Waals surface area contributed by atoms with E-state index in [4.69, 9.17) is 14.2 Å². The van der Waals surface area contributed by atoms with Crippen LogP contribution in [0.1, 0.15) is 245 Å². The number of ether oxygens (including phenoxy) is 3. The second-order valence-electron chi connectivity index (χ2n) is 20.2. The van der Waals surface area contributed by atoms with E-state index in [-0.39, 0.29) is 37.5 Å². The molecule has 0 radical (unpaired) electrons. The summed E-state index contributed by atoms with van der Waals surface area (Å²) in [4.78, 5) is 38.2. The molecule has 0 aliphatic rings. The van der Waals surface area contributed by atoms with E-state index in [1.54, 1.807) is 0 Å². The van der Waals surface area contributed by atoms with Crippen molar-refractivity contribution in [2.45, 2.75) is 252 Å². The van der Waals surface area contributed by atoms with Gasteiger partial charge in [-0.15, -0.1) is 0 Å². The fourth-order valence-electron chi connectivity index (χ4n) is 7.93. The predicted octanol–water partition coefficient (Wildman–Crippen LogP) is 22.0. The van der Waals surface area contributed by atoms with Crippen LogP contribution in [-0.4, -0.2) is 37.2 Å². The van der Waals surface area contributed by atoms with Gasteiger partial charge in [-0.3, -0.25) is 14.4 Å². The fourth-order valence-corrected chi connectivity index (χ4v) is 7.93. The minimum Gasteiger partial charge on any atom is -0.462 e. The second kappa shape index (κ2) is 66.0. The summed E-state index contributed by atoms with van der Waals surface area (Å²) in [6.07, 6.45) is 99.0. The lowest BCUT2D eigenvalue weighted by Crippen LogP contribution is -2.30. The quantitative estimate of drug-likeness (QED) is 0.0261. The molecule has 0 fully saturated rings. The molecule has 0 aliphatic heterocycles. The van der Waals surface area contributed by atoms with E-state index >= 15 is 0 Å². The first-order valence-corrected chi connectivity index (χ1v) is 31.8. The van der Waals surface area contributed by atoms with Gasteiger partial charge >= 0.3 is 17.9 Å². The van der Waals surface area contributed by atoms with Crippen molar-refractivity contribution in [2.24, 2.45) is 0 Å². The molecule has 0 N–H and O–H groups in total. The third kappa shape index (κ3) is 63.3. The van der Waals surface area contributed by atoms with Gasteiger partial charge in [0, 0.05) is 19.3 Å². The van der Waals surface area contributed by atoms with Crippen molar-refractivity contribution in [3.05, 3.63) is 182 Å². The highest BCUT2D eigenvalue weighted by Gasteiger charge is 2.19. The highest BCUT2D eigenvalue weighted by molar-refractivity contribution is 5.71. The zero-order valence-corrected chi connectivity index (χ0v) is 51.0. The third-order valence-corrected chi connectivity index (χ3v) is 12.6. The molecule has 0 spiro atoms. The van der Waals surface area contributed by atoms with Crippen molar-refractivity contribution in [3.63, 3.8) is 0 Å². The van der Waals surface area contributed by atoms with E-state index in [1.165, 1.54) is 32.1 Å². The Bertz CT molecular complexity index is 1890. The van der Waals surface area contributed by atoms with Crippen LogP contribution in [-0.2, 0) is 28.6 Å². The zero-order chi connectivity index (χ0) is 57.8. The Kier molecular flexibility index (Phi) is 61.5. The lowest BCUT2D eigenvalue weighted by molar-refractivity contribution is -0.167. The highest BCUT2D eigenvalue weighted by Crippen LogP contribution is 2.13. The molecule has 0 aromatic rings. The number of rotatable bonds is 55. The number of hydrogen-bond acceptors (Lipinski definition) is 6. The zero-order valence-electron chi connectivity index (χ0n) is 51.0. The van der Waals surface area contributed by atoms with E-state index < -0.39 is 6.10 Å². The first-order chi connectivity index (χ1) is 39.5. The summed E-state index contributed by atoms with van der Waals surface area (Å²) in [5, 5.41) is 0. The van der Waals surface area contributed by atoms with E-state index in [0.717, 1.165) is 167 Å². The molecule has 0 heterocycles. The topological polar surface area (TPSA) is 78.9 Å². The molecular formula is C74H114O6. The van der Waals surface area contributed by atoms with Gasteiger partial charge < -0.3 is 14.2 Å². The Balaban J connectivity index is 4.40. The number of hydrogen-bond donors (Lipinski definition) is 0. The summed E-state index contributed by atoms with van der Waals surface area (Å²) in [5.41, 5.74) is 0. The molecule has 1 atom stereocenters. The van der Waals surface area contributed by atoms with Gasteiger partial charge in [-0.05, 0) is 154 Å². The number of carbonyl (C=O) groups is 3. The number of unbranched alkanes of at least 4 members (excludes halogenated alkanes) is 14. The van der Waals surface area contributed by atoms with Crippen molar-refractivity contribution in [3.8, 4) is 0 Å². The number of carbonyl (C=O) groups excluding carboxylic acids is 3. The molecule has 1 unspecified atom stereocenters. The lowest BCUT2D eigenvalue weighted by atomic mass is 10.1. The van der Waals surface area contributed by atoms with Crippen LogP contribution in [0.15, 0.2) is 182 Å². The first-order valence-electron chi connectivity index (χ1n) is 31.8. The molecule has 0 aromatic heterocycles. The molecule has 0 aliphatic carbocycles. The summed E-state index contributed by atoms with van der Waals surface area (Å²) in [6.45, 7) is 6.30. The van der Waals surface area contributed by atoms with Crippen LogP contribution in [0.2, 0.25) is 0 Å². The van der Waals surface area contributed by atoms with Crippen LogP contribution in [0.25, 0.3) is 0 Å². The largest absolute Gasteiger partial charge is 0.462 e. The molecule has 0 saturated carbocycles. The minimum absolute atomic E-state index is 0.119. The normalized spacial score (nSPS) is 13.4. The van der Waals surface area contributed by atoms with Gasteiger partial charge in [0.25, 0.3) is 0 Å². The first kappa shape index (κ1) is 74.5. The van der Waals surface area contributed by atoms with Crippen LogP contribution in [0.5, 0.6) is 0 Å². The number of allylic oxidation sites excluding steroid dienone is 30. The molecule has 6 nitrogen and oxygen atoms in total. The standard InChI is InChI=1S/C74H114O6/c1-4-7-10-13-16-19-22-25-27-29-30-31-32-33-34-35-36-37-38-39-40-41-42-43-44-46-47-49-52-55-58-61-64-67-73(76)79-70-71(69-78-72(75)66-63-60-57-54-51-24-21-18-15-12-9-6-3)80-74(77)68-65-62-59-56-53-50-48-45-28-26-23-20-17-14-11-8-5-2/h7-8,10-11,16-21,25-28,30-31,33-34,36-37,39-40,42-43,46-48,50,56,59,71H,4-6,9,12-15,22-24,29,32,35,38,41,44-45,49,51-55,57-58,60-70H2,1-3H3/b10-7-,11-8-,19-16-,20-17-,21-18-,27-25-,28-26-,31-30-,34-33-,37-36-,40-39-,43-42-,47-46-,50-48-,59-56-. The van der Waals surface area contributed by atoms with Crippen LogP contribution in [0.3, 0.4) is 0 Å². The van der Waals surface area contributed by atoms with E-state index in [1.807, 2.05) is 0 Å². The van der Waals surface area contributed by atoms with Gasteiger partial charge in [-0.2, -0.15) is 0 Å². The smallest absolute Gasteiger partial charge is 0.306 e. The van der Waals surface area contributed by atoms with Gasteiger partial charge in [0.05, 0.1) is 0 Å². The maximum Gasteiger partial charge on any atom is 0.306 e. The Morgan fingerprint density at radius 2 is 0.500 bits per heavy atom. The highest BCUT2D eigenvalue weighted by atomic mass is 16.6. The fraction of sp³-hybridized carbons (Fsp3) is 0.554. The molecule has 0 amide bonds. The third-order valence-electron chi connectivity index (χ3n) is 12.6. The molecule has 80 heavy (non-hydrogen) atoms. The lowest BCUT2D eigenvalue weighted by Gasteiger charge is -2.18. The van der Waals surface area contributed by atoms with Crippen molar-refractivity contribution in [1.82, 2.24) is 0 Å². The Morgan fingerprint density at radius 3 is 0.812 bits per heavy atom. The Hall–Kier alpha value is -5.49. The van der Waals surface area contributed by atoms with Crippen LogP contribution >= 0.6 is 0 Å². The molecule has 0 saturated heterocycles. The molecule has 0 aromatic carbocycles. The predicted molar refractivity (Wildman–Crippen MR) is 348 cm³/mol.